The number of nitrogens with one attached hydrogen (secondary N) is 1. The van der Waals surface area contributed by atoms with E-state index in [9.17, 15) is 13.2 Å². The van der Waals surface area contributed by atoms with Crippen LogP contribution >= 0.6 is 11.8 Å². The Hall–Kier alpha value is -1.91. The molecule has 2 aromatic rings. The van der Waals surface area contributed by atoms with E-state index in [1.165, 1.54) is 16.7 Å². The van der Waals surface area contributed by atoms with Gasteiger partial charge in [-0.1, -0.05) is 30.0 Å². The van der Waals surface area contributed by atoms with Crippen molar-refractivity contribution in [1.29, 1.82) is 0 Å². The van der Waals surface area contributed by atoms with Crippen molar-refractivity contribution in [1.82, 2.24) is 19.7 Å². The maximum atomic E-state index is 12.7. The van der Waals surface area contributed by atoms with Crippen LogP contribution in [-0.2, 0) is 14.6 Å². The van der Waals surface area contributed by atoms with Crippen LogP contribution in [-0.4, -0.2) is 78.4 Å². The van der Waals surface area contributed by atoms with Gasteiger partial charge in [0.15, 0.2) is 20.8 Å². The number of para-hydroxylation sites is 1. The summed E-state index contributed by atoms with van der Waals surface area (Å²) >= 11 is 1.33. The van der Waals surface area contributed by atoms with Gasteiger partial charge in [-0.15, -0.1) is 10.2 Å². The number of benzene rings is 1. The lowest BCUT2D eigenvalue weighted by Gasteiger charge is -2.23. The predicted octanol–water partition coefficient (Wildman–Crippen LogP) is 0.210. The van der Waals surface area contributed by atoms with Gasteiger partial charge in [0.2, 0.25) is 5.91 Å². The Kier molecular flexibility index (Phi) is 6.65. The topological polar surface area (TPSA) is 89.6 Å². The first-order valence-electron chi connectivity index (χ1n) is 9.59. The molecule has 29 heavy (non-hydrogen) atoms. The van der Waals surface area contributed by atoms with Crippen LogP contribution in [0.2, 0.25) is 0 Å². The molecule has 1 aromatic carbocycles. The van der Waals surface area contributed by atoms with Gasteiger partial charge in [-0.2, -0.15) is 0 Å². The Morgan fingerprint density at radius 1 is 1.31 bits per heavy atom. The molecule has 2 atom stereocenters. The van der Waals surface area contributed by atoms with E-state index in [0.717, 1.165) is 11.5 Å². The summed E-state index contributed by atoms with van der Waals surface area (Å²) in [6.07, 6.45) is 0.503. The molecule has 1 amide bonds. The van der Waals surface area contributed by atoms with Crippen molar-refractivity contribution in [2.45, 2.75) is 30.6 Å². The highest BCUT2D eigenvalue weighted by Gasteiger charge is 2.33. The van der Waals surface area contributed by atoms with Crippen molar-refractivity contribution in [2.24, 2.45) is 0 Å². The number of sulfone groups is 1. The highest BCUT2D eigenvalue weighted by atomic mass is 32.2. The average Bonchev–Trinajstić information content (AvgIpc) is 3.28. The fraction of sp³-hybridized carbons (Fsp3) is 0.526. The first-order valence-corrected chi connectivity index (χ1v) is 12.4. The minimum Gasteiger partial charge on any atom is -0.341 e. The molecule has 1 aliphatic rings. The number of nitrogens with zero attached hydrogens (tertiary/aromatic N) is 4. The SMILES string of the molecule is C[C@@H](c1nnc(SCC(=O)N(C)[C@@H]2CCS(=O)(=O)C2)n1-c1ccccc1)[NH+](C)C. The highest BCUT2D eigenvalue weighted by Crippen LogP contribution is 2.25. The van der Waals surface area contributed by atoms with E-state index in [1.54, 1.807) is 11.9 Å². The summed E-state index contributed by atoms with van der Waals surface area (Å²) in [6.45, 7) is 2.09. The first-order chi connectivity index (χ1) is 13.7. The smallest absolute Gasteiger partial charge is 0.233 e. The predicted molar refractivity (Wildman–Crippen MR) is 113 cm³/mol. The molecule has 3 rings (SSSR count). The zero-order valence-electron chi connectivity index (χ0n) is 17.2. The lowest BCUT2D eigenvalue weighted by atomic mass is 10.2. The number of hydrogen-bond donors (Lipinski definition) is 1. The van der Waals surface area contributed by atoms with Crippen molar-refractivity contribution < 1.29 is 18.1 Å². The maximum Gasteiger partial charge on any atom is 0.233 e. The van der Waals surface area contributed by atoms with Gasteiger partial charge < -0.3 is 9.80 Å². The fourth-order valence-corrected chi connectivity index (χ4v) is 5.90. The van der Waals surface area contributed by atoms with E-state index in [-0.39, 0.29) is 35.2 Å². The monoisotopic (exact) mass is 438 g/mol. The number of carbonyl (C=O) groups is 1. The summed E-state index contributed by atoms with van der Waals surface area (Å²) in [6, 6.07) is 9.74. The van der Waals surface area contributed by atoms with Gasteiger partial charge in [0.25, 0.3) is 0 Å². The first kappa shape index (κ1) is 21.8. The summed E-state index contributed by atoms with van der Waals surface area (Å²) in [5.74, 6) is 1.11. The molecular formula is C19H28N5O3S2+. The van der Waals surface area contributed by atoms with Crippen LogP contribution in [0.15, 0.2) is 35.5 Å². The van der Waals surface area contributed by atoms with Crippen LogP contribution in [0.25, 0.3) is 5.69 Å². The second kappa shape index (κ2) is 8.85. The summed E-state index contributed by atoms with van der Waals surface area (Å²) in [7, 11) is 2.78. The van der Waals surface area contributed by atoms with E-state index in [4.69, 9.17) is 0 Å². The van der Waals surface area contributed by atoms with Gasteiger partial charge in [-0.05, 0) is 25.5 Å². The van der Waals surface area contributed by atoms with Crippen molar-refractivity contribution >= 4 is 27.5 Å². The van der Waals surface area contributed by atoms with E-state index in [0.29, 0.717) is 11.6 Å². The zero-order chi connectivity index (χ0) is 21.2. The number of carbonyl (C=O) groups excluding carboxylic acids is 1. The molecule has 0 bridgehead atoms. The van der Waals surface area contributed by atoms with Crippen LogP contribution in [0.5, 0.6) is 0 Å². The van der Waals surface area contributed by atoms with Gasteiger partial charge in [0.1, 0.15) is 6.04 Å². The number of rotatable bonds is 7. The number of amides is 1. The molecular weight excluding hydrogens is 410 g/mol. The van der Waals surface area contributed by atoms with Crippen molar-refractivity contribution in [2.75, 3.05) is 38.4 Å². The molecule has 1 aromatic heterocycles. The van der Waals surface area contributed by atoms with Crippen LogP contribution < -0.4 is 4.90 Å². The summed E-state index contributed by atoms with van der Waals surface area (Å²) in [4.78, 5) is 15.4. The van der Waals surface area contributed by atoms with Gasteiger partial charge in [0, 0.05) is 18.8 Å². The molecule has 0 aliphatic carbocycles. The number of aromatic nitrogens is 3. The quantitative estimate of drug-likeness (QED) is 0.622. The molecule has 1 N–H and O–H groups in total. The van der Waals surface area contributed by atoms with Gasteiger partial charge >= 0.3 is 0 Å². The van der Waals surface area contributed by atoms with Gasteiger partial charge in [0.05, 0.1) is 31.4 Å². The molecule has 8 nitrogen and oxygen atoms in total. The molecule has 0 unspecified atom stereocenters. The van der Waals surface area contributed by atoms with Crippen LogP contribution in [0.4, 0.5) is 0 Å². The Labute approximate surface area is 176 Å². The van der Waals surface area contributed by atoms with Crippen molar-refractivity contribution in [3.8, 4) is 5.69 Å². The van der Waals surface area contributed by atoms with E-state index in [2.05, 4.69) is 31.2 Å². The summed E-state index contributed by atoms with van der Waals surface area (Å²) < 4.78 is 25.4. The highest BCUT2D eigenvalue weighted by molar-refractivity contribution is 7.99. The van der Waals surface area contributed by atoms with E-state index >= 15 is 0 Å². The third-order valence-corrected chi connectivity index (χ3v) is 8.06. The number of hydrogen-bond acceptors (Lipinski definition) is 6. The largest absolute Gasteiger partial charge is 0.341 e. The molecule has 158 valence electrons. The van der Waals surface area contributed by atoms with Crippen molar-refractivity contribution in [3.63, 3.8) is 0 Å². The minimum absolute atomic E-state index is 0.0490. The second-order valence-electron chi connectivity index (χ2n) is 7.66. The fourth-order valence-electron chi connectivity index (χ4n) is 3.25. The van der Waals surface area contributed by atoms with Crippen LogP contribution in [0, 0.1) is 0 Å². The molecule has 1 fully saturated rings. The molecule has 0 spiro atoms. The Morgan fingerprint density at radius 3 is 2.59 bits per heavy atom. The Bertz CT molecular complexity index is 959. The molecule has 0 radical (unpaired) electrons. The second-order valence-corrected chi connectivity index (χ2v) is 10.8. The van der Waals surface area contributed by atoms with Gasteiger partial charge in [-0.3, -0.25) is 9.36 Å². The third kappa shape index (κ3) is 4.99. The lowest BCUT2D eigenvalue weighted by Crippen LogP contribution is -3.05. The van der Waals surface area contributed by atoms with Crippen LogP contribution in [0.3, 0.4) is 0 Å². The van der Waals surface area contributed by atoms with Gasteiger partial charge in [-0.25, -0.2) is 8.42 Å². The Balaban J connectivity index is 1.78. The van der Waals surface area contributed by atoms with Crippen molar-refractivity contribution in [3.05, 3.63) is 36.2 Å². The lowest BCUT2D eigenvalue weighted by molar-refractivity contribution is -0.890. The molecule has 2 heterocycles. The Morgan fingerprint density at radius 2 is 2.00 bits per heavy atom. The van der Waals surface area contributed by atoms with E-state index < -0.39 is 9.84 Å². The third-order valence-electron chi connectivity index (χ3n) is 5.40. The standard InChI is InChI=1S/C19H27N5O3S2/c1-14(22(2)3)18-20-21-19(24(18)15-8-6-5-7-9-15)28-12-17(25)23(4)16-10-11-29(26,27)13-16/h5-9,14,16H,10-13H2,1-4H3/p+1/t14-,16+/m0/s1. The number of thioether (sulfide) groups is 1. The molecule has 0 saturated carbocycles. The summed E-state index contributed by atoms with van der Waals surface area (Å²) in [5, 5.41) is 9.40. The molecule has 10 heteroatoms. The average molecular weight is 439 g/mol. The minimum atomic E-state index is -3.03. The normalized spacial score (nSPS) is 19.4. The zero-order valence-corrected chi connectivity index (χ0v) is 18.8. The summed E-state index contributed by atoms with van der Waals surface area (Å²) in [5.41, 5.74) is 0.950. The molecule has 1 saturated heterocycles. The number of quaternary nitrogens is 1. The van der Waals surface area contributed by atoms with E-state index in [1.807, 2.05) is 34.9 Å². The molecule has 1 aliphatic heterocycles. The van der Waals surface area contributed by atoms with Crippen LogP contribution in [0.1, 0.15) is 25.2 Å². The maximum absolute atomic E-state index is 12.7.